The number of hydrogen-bond donors (Lipinski definition) is 1. The molecule has 232 valence electrons. The van der Waals surface area contributed by atoms with E-state index in [1.165, 1.54) is 12.8 Å². The number of amides is 1. The highest BCUT2D eigenvalue weighted by molar-refractivity contribution is 6.02. The molecule has 0 saturated heterocycles. The van der Waals surface area contributed by atoms with Crippen LogP contribution in [0.4, 0.5) is 4.79 Å². The van der Waals surface area contributed by atoms with Gasteiger partial charge in [0.1, 0.15) is 6.07 Å². The average molecular weight is 579 g/mol. The molecular weight excluding hydrogens is 524 g/mol. The van der Waals surface area contributed by atoms with Gasteiger partial charge in [0, 0.05) is 24.3 Å². The summed E-state index contributed by atoms with van der Waals surface area (Å²) in [6.07, 6.45) is 13.2. The standard InChI is InChI=1S/C36H54N2O4/c1-9-38-31(41)42-18-10-12-36(16-14-32(4,5)20-24(36)2)17-15-33(6)22-27(39)19-29-34(7)21-26(23-37)30(40)25(3)28(34)11-13-35(29,33)8/h19,21,24-25,28H,9-18,20,22H2,1-8H3,(H,38,41)/t24?,25-,28-,33+,34-,35+,36+/m0/s1. The number of carbonyl (C=O) groups excluding carboxylic acids is 3. The SMILES string of the molecule is CCNC(=O)OCCC[C@]1(CC[C@]2(C)CC(=O)C=C3[C@@]4(C)C=C(C#N)C(=O)[C@@H](C)[C@@H]4CC[C@]32C)CCC(C)(C)CC1C. The summed E-state index contributed by atoms with van der Waals surface area (Å²) in [5, 5.41) is 12.5. The van der Waals surface area contributed by atoms with Crippen molar-refractivity contribution in [1.82, 2.24) is 5.32 Å². The second kappa shape index (κ2) is 11.6. The first-order chi connectivity index (χ1) is 19.6. The largest absolute Gasteiger partial charge is 0.450 e. The fourth-order valence-electron chi connectivity index (χ4n) is 9.77. The predicted molar refractivity (Wildman–Crippen MR) is 165 cm³/mol. The minimum atomic E-state index is -0.473. The summed E-state index contributed by atoms with van der Waals surface area (Å²) in [7, 11) is 0. The number of fused-ring (bicyclic) bond motifs is 3. The van der Waals surface area contributed by atoms with E-state index in [0.717, 1.165) is 50.5 Å². The van der Waals surface area contributed by atoms with Crippen molar-refractivity contribution in [2.24, 2.45) is 44.8 Å². The summed E-state index contributed by atoms with van der Waals surface area (Å²) in [5.41, 5.74) is 0.967. The van der Waals surface area contributed by atoms with E-state index in [-0.39, 0.29) is 51.3 Å². The van der Waals surface area contributed by atoms with Crippen molar-refractivity contribution in [1.29, 1.82) is 5.26 Å². The summed E-state index contributed by atoms with van der Waals surface area (Å²) in [4.78, 5) is 38.3. The molecule has 7 atom stereocenters. The van der Waals surface area contributed by atoms with E-state index < -0.39 is 5.41 Å². The Kier molecular flexibility index (Phi) is 8.96. The van der Waals surface area contributed by atoms with Gasteiger partial charge in [0.15, 0.2) is 11.6 Å². The van der Waals surface area contributed by atoms with Crippen LogP contribution >= 0.6 is 0 Å². The zero-order valence-electron chi connectivity index (χ0n) is 27.5. The Hall–Kier alpha value is -2.42. The van der Waals surface area contributed by atoms with Gasteiger partial charge >= 0.3 is 6.09 Å². The molecule has 6 nitrogen and oxygen atoms in total. The van der Waals surface area contributed by atoms with Crippen LogP contribution in [0.5, 0.6) is 0 Å². The molecule has 0 spiro atoms. The number of hydrogen-bond acceptors (Lipinski definition) is 5. The number of rotatable bonds is 8. The van der Waals surface area contributed by atoms with Crippen LogP contribution in [0, 0.1) is 56.2 Å². The van der Waals surface area contributed by atoms with Crippen molar-refractivity contribution >= 4 is 17.7 Å². The molecule has 4 aliphatic rings. The maximum atomic E-state index is 13.5. The van der Waals surface area contributed by atoms with Gasteiger partial charge in [0.05, 0.1) is 12.2 Å². The first kappa shape index (κ1) is 32.5. The van der Waals surface area contributed by atoms with E-state index in [4.69, 9.17) is 4.74 Å². The maximum Gasteiger partial charge on any atom is 0.407 e. The fourth-order valence-corrected chi connectivity index (χ4v) is 9.77. The van der Waals surface area contributed by atoms with E-state index in [9.17, 15) is 19.6 Å². The summed E-state index contributed by atoms with van der Waals surface area (Å²) in [6.45, 7) is 18.9. The van der Waals surface area contributed by atoms with Crippen LogP contribution in [0.2, 0.25) is 0 Å². The lowest BCUT2D eigenvalue weighted by Crippen LogP contribution is -2.55. The Morgan fingerprint density at radius 2 is 1.79 bits per heavy atom. The van der Waals surface area contributed by atoms with Gasteiger partial charge in [-0.25, -0.2) is 4.79 Å². The van der Waals surface area contributed by atoms with Crippen LogP contribution in [0.1, 0.15) is 120 Å². The van der Waals surface area contributed by atoms with E-state index >= 15 is 0 Å². The molecule has 0 bridgehead atoms. The summed E-state index contributed by atoms with van der Waals surface area (Å²) < 4.78 is 5.45. The molecule has 2 fully saturated rings. The number of alkyl carbamates (subject to hydrolysis) is 1. The molecule has 1 N–H and O–H groups in total. The van der Waals surface area contributed by atoms with Crippen molar-refractivity contribution in [3.8, 4) is 6.07 Å². The molecule has 0 aliphatic heterocycles. The minimum absolute atomic E-state index is 0.0543. The zero-order chi connectivity index (χ0) is 31.1. The number of nitrogens with one attached hydrogen (secondary N) is 1. The van der Waals surface area contributed by atoms with E-state index in [0.29, 0.717) is 30.9 Å². The second-order valence-electron chi connectivity index (χ2n) is 15.7. The number of nitrogens with zero attached hydrogens (tertiary/aromatic N) is 1. The molecule has 1 amide bonds. The third-order valence-electron chi connectivity index (χ3n) is 12.7. The number of carbonyl (C=O) groups is 3. The van der Waals surface area contributed by atoms with Crippen molar-refractivity contribution in [2.45, 2.75) is 120 Å². The third kappa shape index (κ3) is 5.62. The van der Waals surface area contributed by atoms with Gasteiger partial charge in [-0.1, -0.05) is 60.1 Å². The van der Waals surface area contributed by atoms with Gasteiger partial charge < -0.3 is 10.1 Å². The molecule has 4 rings (SSSR count). The van der Waals surface area contributed by atoms with Gasteiger partial charge in [-0.15, -0.1) is 0 Å². The Labute approximate surface area is 254 Å². The van der Waals surface area contributed by atoms with Crippen LogP contribution in [0.15, 0.2) is 23.3 Å². The number of ether oxygens (including phenoxy) is 1. The Morgan fingerprint density at radius 1 is 1.07 bits per heavy atom. The maximum absolute atomic E-state index is 13.5. The molecule has 4 aliphatic carbocycles. The molecule has 6 heteroatoms. The number of Topliss-reactive ketones (excluding diaryl/α,β-unsaturated/α-hetero) is 1. The Balaban J connectivity index is 1.62. The zero-order valence-corrected chi connectivity index (χ0v) is 27.5. The topological polar surface area (TPSA) is 96.3 Å². The Morgan fingerprint density at radius 3 is 2.43 bits per heavy atom. The first-order valence-electron chi connectivity index (χ1n) is 16.4. The first-order valence-corrected chi connectivity index (χ1v) is 16.4. The highest BCUT2D eigenvalue weighted by Gasteiger charge is 2.61. The van der Waals surface area contributed by atoms with Crippen LogP contribution in [0.25, 0.3) is 0 Å². The lowest BCUT2D eigenvalue weighted by Gasteiger charge is -2.62. The number of nitriles is 1. The summed E-state index contributed by atoms with van der Waals surface area (Å²) in [5.74, 6) is 0.538. The monoisotopic (exact) mass is 578 g/mol. The molecule has 1 unspecified atom stereocenters. The van der Waals surface area contributed by atoms with Crippen molar-refractivity contribution in [3.05, 3.63) is 23.3 Å². The van der Waals surface area contributed by atoms with E-state index in [1.54, 1.807) is 0 Å². The number of ketones is 2. The molecule has 0 aromatic carbocycles. The average Bonchev–Trinajstić information content (AvgIpc) is 2.91. The molecule has 0 heterocycles. The van der Waals surface area contributed by atoms with Crippen molar-refractivity contribution < 1.29 is 19.1 Å². The normalized spacial score (nSPS) is 39.3. The number of allylic oxidation sites excluding steroid dienone is 4. The smallest absolute Gasteiger partial charge is 0.407 e. The van der Waals surface area contributed by atoms with Gasteiger partial charge in [0.2, 0.25) is 0 Å². The van der Waals surface area contributed by atoms with Gasteiger partial charge in [-0.05, 0) is 104 Å². The van der Waals surface area contributed by atoms with Crippen LogP contribution in [-0.2, 0) is 14.3 Å². The molecule has 42 heavy (non-hydrogen) atoms. The molecule has 0 radical (unpaired) electrons. The van der Waals surface area contributed by atoms with Crippen LogP contribution in [0.3, 0.4) is 0 Å². The van der Waals surface area contributed by atoms with Crippen molar-refractivity contribution in [3.63, 3.8) is 0 Å². The molecule has 2 saturated carbocycles. The fraction of sp³-hybridized carbons (Fsp3) is 0.778. The van der Waals surface area contributed by atoms with Gasteiger partial charge in [-0.3, -0.25) is 9.59 Å². The summed E-state index contributed by atoms with van der Waals surface area (Å²) >= 11 is 0. The second-order valence-corrected chi connectivity index (χ2v) is 15.7. The molecule has 0 aromatic heterocycles. The highest BCUT2D eigenvalue weighted by Crippen LogP contribution is 2.68. The van der Waals surface area contributed by atoms with Crippen LogP contribution in [-0.4, -0.2) is 30.8 Å². The van der Waals surface area contributed by atoms with Gasteiger partial charge in [-0.2, -0.15) is 5.26 Å². The van der Waals surface area contributed by atoms with E-state index in [1.807, 2.05) is 26.0 Å². The molecular formula is C36H54N2O4. The van der Waals surface area contributed by atoms with E-state index in [2.05, 4.69) is 52.9 Å². The van der Waals surface area contributed by atoms with Crippen molar-refractivity contribution in [2.75, 3.05) is 13.2 Å². The third-order valence-corrected chi connectivity index (χ3v) is 12.7. The lowest BCUT2D eigenvalue weighted by atomic mass is 9.41. The highest BCUT2D eigenvalue weighted by atomic mass is 16.5. The molecule has 0 aromatic rings. The minimum Gasteiger partial charge on any atom is -0.450 e. The van der Waals surface area contributed by atoms with Crippen LogP contribution < -0.4 is 5.32 Å². The summed E-state index contributed by atoms with van der Waals surface area (Å²) in [6, 6.07) is 2.17. The lowest BCUT2D eigenvalue weighted by molar-refractivity contribution is -0.126. The van der Waals surface area contributed by atoms with Gasteiger partial charge in [0.25, 0.3) is 0 Å². The predicted octanol–water partition coefficient (Wildman–Crippen LogP) is 8.12. The Bertz CT molecular complexity index is 1210. The quantitative estimate of drug-likeness (QED) is 0.293.